The fraction of sp³-hybridized carbons (Fsp3) is 0.438. The minimum atomic E-state index is 0.225. The van der Waals surface area contributed by atoms with Crippen molar-refractivity contribution < 1.29 is 14.0 Å². The van der Waals surface area contributed by atoms with Crippen LogP contribution >= 0.6 is 0 Å². The molecule has 0 amide bonds. The first kappa shape index (κ1) is 13.8. The van der Waals surface area contributed by atoms with Gasteiger partial charge >= 0.3 is 0 Å². The van der Waals surface area contributed by atoms with Gasteiger partial charge in [0, 0.05) is 24.1 Å². The Balaban J connectivity index is 1.81. The Hall–Kier alpha value is -2.17. The predicted molar refractivity (Wildman–Crippen MR) is 80.0 cm³/mol. The van der Waals surface area contributed by atoms with Gasteiger partial charge in [0.15, 0.2) is 0 Å². The van der Waals surface area contributed by atoms with Crippen molar-refractivity contribution in [3.8, 4) is 11.5 Å². The lowest BCUT2D eigenvalue weighted by atomic mass is 10.1. The van der Waals surface area contributed by atoms with E-state index in [0.29, 0.717) is 13.2 Å². The highest BCUT2D eigenvalue weighted by molar-refractivity contribution is 5.63. The summed E-state index contributed by atoms with van der Waals surface area (Å²) in [4.78, 5) is 0. The van der Waals surface area contributed by atoms with Gasteiger partial charge in [-0.3, -0.25) is 0 Å². The molecule has 5 heteroatoms. The van der Waals surface area contributed by atoms with E-state index in [1.54, 1.807) is 0 Å². The van der Waals surface area contributed by atoms with Crippen LogP contribution in [0.4, 0.5) is 5.69 Å². The van der Waals surface area contributed by atoms with E-state index in [-0.39, 0.29) is 6.10 Å². The first-order valence-corrected chi connectivity index (χ1v) is 7.28. The SMILES string of the molecule is CCOc1cc2c(cc1NCc1cc(C)on1)O[C@@H](C)C2. The summed E-state index contributed by atoms with van der Waals surface area (Å²) in [5.41, 5.74) is 2.99. The number of nitrogens with zero attached hydrogens (tertiary/aromatic N) is 1. The summed E-state index contributed by atoms with van der Waals surface area (Å²) >= 11 is 0. The van der Waals surface area contributed by atoms with Crippen LogP contribution in [-0.4, -0.2) is 17.9 Å². The van der Waals surface area contributed by atoms with Gasteiger partial charge in [-0.1, -0.05) is 5.16 Å². The van der Waals surface area contributed by atoms with E-state index in [0.717, 1.165) is 35.1 Å². The second-order valence-electron chi connectivity index (χ2n) is 5.30. The van der Waals surface area contributed by atoms with Gasteiger partial charge in [0.05, 0.1) is 18.8 Å². The quantitative estimate of drug-likeness (QED) is 0.914. The van der Waals surface area contributed by atoms with Crippen molar-refractivity contribution in [2.75, 3.05) is 11.9 Å². The first-order chi connectivity index (χ1) is 10.2. The summed E-state index contributed by atoms with van der Waals surface area (Å²) in [5, 5.41) is 7.33. The molecule has 0 spiro atoms. The monoisotopic (exact) mass is 288 g/mol. The fourth-order valence-electron chi connectivity index (χ4n) is 2.54. The molecule has 1 aromatic carbocycles. The zero-order valence-corrected chi connectivity index (χ0v) is 12.6. The van der Waals surface area contributed by atoms with Crippen molar-refractivity contribution in [3.05, 3.63) is 35.2 Å². The molecule has 0 bridgehead atoms. The molecule has 112 valence electrons. The highest BCUT2D eigenvalue weighted by Crippen LogP contribution is 2.38. The van der Waals surface area contributed by atoms with Crippen LogP contribution in [0, 0.1) is 6.92 Å². The van der Waals surface area contributed by atoms with Crippen LogP contribution in [0.3, 0.4) is 0 Å². The van der Waals surface area contributed by atoms with Crippen LogP contribution in [0.25, 0.3) is 0 Å². The van der Waals surface area contributed by atoms with Crippen molar-refractivity contribution in [2.45, 2.75) is 39.8 Å². The molecule has 1 aliphatic rings. The summed E-state index contributed by atoms with van der Waals surface area (Å²) in [6.07, 6.45) is 1.15. The standard InChI is InChI=1S/C16H20N2O3/c1-4-19-16-7-12-5-10(2)20-15(12)8-14(16)17-9-13-6-11(3)21-18-13/h6-8,10,17H,4-5,9H2,1-3H3/t10-/m0/s1. The van der Waals surface area contributed by atoms with Crippen LogP contribution in [0.2, 0.25) is 0 Å². The maximum atomic E-state index is 5.81. The van der Waals surface area contributed by atoms with E-state index in [1.807, 2.05) is 26.0 Å². The number of hydrogen-bond donors (Lipinski definition) is 1. The molecule has 0 unspecified atom stereocenters. The number of nitrogens with one attached hydrogen (secondary N) is 1. The molecule has 2 aromatic rings. The second kappa shape index (κ2) is 5.68. The molecule has 1 atom stereocenters. The summed E-state index contributed by atoms with van der Waals surface area (Å²) in [5.74, 6) is 2.60. The predicted octanol–water partition coefficient (Wildman–Crippen LogP) is 3.32. The molecular weight excluding hydrogens is 268 g/mol. The molecule has 1 aliphatic heterocycles. The van der Waals surface area contributed by atoms with E-state index in [9.17, 15) is 0 Å². The maximum Gasteiger partial charge on any atom is 0.142 e. The molecule has 0 saturated heterocycles. The number of anilines is 1. The van der Waals surface area contributed by atoms with E-state index >= 15 is 0 Å². The third-order valence-corrected chi connectivity index (χ3v) is 3.43. The van der Waals surface area contributed by atoms with Crippen molar-refractivity contribution in [1.82, 2.24) is 5.16 Å². The summed E-state index contributed by atoms with van der Waals surface area (Å²) in [6, 6.07) is 5.99. The van der Waals surface area contributed by atoms with E-state index in [1.165, 1.54) is 5.56 Å². The van der Waals surface area contributed by atoms with Crippen molar-refractivity contribution in [3.63, 3.8) is 0 Å². The van der Waals surface area contributed by atoms with Crippen molar-refractivity contribution in [2.24, 2.45) is 0 Å². The van der Waals surface area contributed by atoms with E-state index in [2.05, 4.69) is 23.5 Å². The van der Waals surface area contributed by atoms with Crippen LogP contribution in [0.1, 0.15) is 30.9 Å². The molecule has 0 radical (unpaired) electrons. The summed E-state index contributed by atoms with van der Waals surface area (Å²) < 4.78 is 16.6. The van der Waals surface area contributed by atoms with E-state index in [4.69, 9.17) is 14.0 Å². The normalized spacial score (nSPS) is 16.4. The largest absolute Gasteiger partial charge is 0.492 e. The van der Waals surface area contributed by atoms with Gasteiger partial charge < -0.3 is 19.3 Å². The van der Waals surface area contributed by atoms with Crippen LogP contribution in [0.15, 0.2) is 22.7 Å². The number of aromatic nitrogens is 1. The topological polar surface area (TPSA) is 56.5 Å². The number of fused-ring (bicyclic) bond motifs is 1. The minimum Gasteiger partial charge on any atom is -0.492 e. The molecule has 2 heterocycles. The number of hydrogen-bond acceptors (Lipinski definition) is 5. The lowest BCUT2D eigenvalue weighted by Crippen LogP contribution is -2.05. The second-order valence-corrected chi connectivity index (χ2v) is 5.30. The van der Waals surface area contributed by atoms with E-state index < -0.39 is 0 Å². The molecule has 1 aromatic heterocycles. The molecular formula is C16H20N2O3. The van der Waals surface area contributed by atoms with Gasteiger partial charge in [0.1, 0.15) is 29.1 Å². The molecule has 0 aliphatic carbocycles. The molecule has 0 fully saturated rings. The highest BCUT2D eigenvalue weighted by atomic mass is 16.5. The summed E-state index contributed by atoms with van der Waals surface area (Å²) in [7, 11) is 0. The van der Waals surface area contributed by atoms with Gasteiger partial charge in [-0.15, -0.1) is 0 Å². The average molecular weight is 288 g/mol. The zero-order valence-electron chi connectivity index (χ0n) is 12.6. The Bertz CT molecular complexity index is 636. The molecule has 1 N–H and O–H groups in total. The van der Waals surface area contributed by atoms with Crippen molar-refractivity contribution in [1.29, 1.82) is 0 Å². The van der Waals surface area contributed by atoms with Crippen molar-refractivity contribution >= 4 is 5.69 Å². The highest BCUT2D eigenvalue weighted by Gasteiger charge is 2.21. The Morgan fingerprint density at radius 1 is 1.38 bits per heavy atom. The van der Waals surface area contributed by atoms with Gasteiger partial charge in [-0.2, -0.15) is 0 Å². The Labute approximate surface area is 124 Å². The maximum absolute atomic E-state index is 5.81. The smallest absolute Gasteiger partial charge is 0.142 e. The van der Waals surface area contributed by atoms with Gasteiger partial charge in [0.2, 0.25) is 0 Å². The Kier molecular flexibility index (Phi) is 3.73. The molecule has 5 nitrogen and oxygen atoms in total. The lowest BCUT2D eigenvalue weighted by Gasteiger charge is -2.13. The van der Waals surface area contributed by atoms with Gasteiger partial charge in [0.25, 0.3) is 0 Å². The van der Waals surface area contributed by atoms with Crippen LogP contribution in [0.5, 0.6) is 11.5 Å². The third-order valence-electron chi connectivity index (χ3n) is 3.43. The fourth-order valence-corrected chi connectivity index (χ4v) is 2.54. The Morgan fingerprint density at radius 2 is 2.24 bits per heavy atom. The minimum absolute atomic E-state index is 0.225. The molecule has 21 heavy (non-hydrogen) atoms. The average Bonchev–Trinajstić information content (AvgIpc) is 3.01. The Morgan fingerprint density at radius 3 is 2.95 bits per heavy atom. The number of rotatable bonds is 5. The number of ether oxygens (including phenoxy) is 2. The molecule has 3 rings (SSSR count). The number of aryl methyl sites for hydroxylation is 1. The number of benzene rings is 1. The summed E-state index contributed by atoms with van der Waals surface area (Å²) in [6.45, 7) is 7.16. The lowest BCUT2D eigenvalue weighted by molar-refractivity contribution is 0.254. The van der Waals surface area contributed by atoms with Crippen LogP contribution in [-0.2, 0) is 13.0 Å². The van der Waals surface area contributed by atoms with Gasteiger partial charge in [-0.25, -0.2) is 0 Å². The molecule has 0 saturated carbocycles. The van der Waals surface area contributed by atoms with Crippen LogP contribution < -0.4 is 14.8 Å². The third kappa shape index (κ3) is 2.96. The van der Waals surface area contributed by atoms with Gasteiger partial charge in [-0.05, 0) is 26.8 Å². The zero-order chi connectivity index (χ0) is 14.8. The first-order valence-electron chi connectivity index (χ1n) is 7.28.